The number of anilines is 1. The lowest BCUT2D eigenvalue weighted by molar-refractivity contribution is 0.341. The summed E-state index contributed by atoms with van der Waals surface area (Å²) in [4.78, 5) is 2.42. The number of ether oxygens (including phenoxy) is 1. The molecular weight excluding hydrogens is 443 g/mol. The van der Waals surface area contributed by atoms with E-state index in [-0.39, 0.29) is 0 Å². The molecule has 0 atom stereocenters. The number of sulfonamides is 1. The second kappa shape index (κ2) is 8.63. The Bertz CT molecular complexity index is 1180. The molecule has 0 aromatic heterocycles. The van der Waals surface area contributed by atoms with Crippen LogP contribution in [0.4, 0.5) is 5.69 Å². The van der Waals surface area contributed by atoms with Gasteiger partial charge < -0.3 is 9.64 Å². The third kappa shape index (κ3) is 4.23. The summed E-state index contributed by atoms with van der Waals surface area (Å²) in [7, 11) is -3.57. The van der Waals surface area contributed by atoms with Crippen molar-refractivity contribution in [2.75, 3.05) is 37.7 Å². The standard InChI is InChI=1S/C22H22Cl2N2O3S/c1-2-29-19-6-3-17-14-20(7-4-16(17)13-19)30(27,28)26-11-9-25(10-12-26)18-5-8-21(23)22(24)15-18/h3-8,13-15H,2,9-12H2,1H3. The number of nitrogens with zero attached hydrogens (tertiary/aromatic N) is 2. The monoisotopic (exact) mass is 464 g/mol. The number of fused-ring (bicyclic) bond motifs is 1. The molecule has 0 unspecified atom stereocenters. The Morgan fingerprint density at radius 1 is 0.867 bits per heavy atom. The predicted octanol–water partition coefficient (Wildman–Crippen LogP) is 5.06. The van der Waals surface area contributed by atoms with Crippen LogP contribution >= 0.6 is 23.2 Å². The number of piperazine rings is 1. The van der Waals surface area contributed by atoms with E-state index in [1.165, 1.54) is 4.31 Å². The quantitative estimate of drug-likeness (QED) is 0.529. The molecule has 0 bridgehead atoms. The predicted molar refractivity (Wildman–Crippen MR) is 123 cm³/mol. The van der Waals surface area contributed by atoms with E-state index < -0.39 is 10.0 Å². The number of rotatable bonds is 5. The number of halogens is 2. The lowest BCUT2D eigenvalue weighted by Gasteiger charge is -2.35. The molecule has 30 heavy (non-hydrogen) atoms. The smallest absolute Gasteiger partial charge is 0.243 e. The van der Waals surface area contributed by atoms with Crippen LogP contribution in [0.1, 0.15) is 6.92 Å². The molecule has 0 saturated carbocycles. The first kappa shape index (κ1) is 21.2. The molecule has 8 heteroatoms. The molecule has 1 saturated heterocycles. The first-order valence-corrected chi connectivity index (χ1v) is 11.9. The molecule has 1 aliphatic rings. The minimum Gasteiger partial charge on any atom is -0.494 e. The van der Waals surface area contributed by atoms with Crippen LogP contribution in [0.15, 0.2) is 59.5 Å². The highest BCUT2D eigenvalue weighted by Gasteiger charge is 2.29. The Balaban J connectivity index is 1.51. The molecule has 5 nitrogen and oxygen atoms in total. The van der Waals surface area contributed by atoms with Gasteiger partial charge in [-0.1, -0.05) is 35.3 Å². The normalized spacial score (nSPS) is 15.5. The molecule has 1 heterocycles. The summed E-state index contributed by atoms with van der Waals surface area (Å²) in [6.07, 6.45) is 0. The Labute approximate surface area is 186 Å². The maximum Gasteiger partial charge on any atom is 0.243 e. The van der Waals surface area contributed by atoms with Crippen molar-refractivity contribution in [3.63, 3.8) is 0 Å². The third-order valence-corrected chi connectivity index (χ3v) is 7.87. The molecule has 3 aromatic rings. The second-order valence-electron chi connectivity index (χ2n) is 7.09. The molecular formula is C22H22Cl2N2O3S. The summed E-state index contributed by atoms with van der Waals surface area (Å²) in [6.45, 7) is 4.51. The summed E-state index contributed by atoms with van der Waals surface area (Å²) in [6, 6.07) is 16.4. The van der Waals surface area contributed by atoms with E-state index in [9.17, 15) is 8.42 Å². The SMILES string of the molecule is CCOc1ccc2cc(S(=O)(=O)N3CCN(c4ccc(Cl)c(Cl)c4)CC3)ccc2c1. The number of hydrogen-bond acceptors (Lipinski definition) is 4. The van der Waals surface area contributed by atoms with Crippen LogP contribution in [-0.4, -0.2) is 45.5 Å². The van der Waals surface area contributed by atoms with Crippen LogP contribution in [0, 0.1) is 0 Å². The van der Waals surface area contributed by atoms with E-state index in [0.29, 0.717) is 47.7 Å². The Morgan fingerprint density at radius 3 is 2.27 bits per heavy atom. The van der Waals surface area contributed by atoms with Crippen LogP contribution in [-0.2, 0) is 10.0 Å². The third-order valence-electron chi connectivity index (χ3n) is 5.24. The Hall–Kier alpha value is -1.99. The highest BCUT2D eigenvalue weighted by molar-refractivity contribution is 7.89. The molecule has 0 radical (unpaired) electrons. The van der Waals surface area contributed by atoms with Gasteiger partial charge in [0.05, 0.1) is 21.5 Å². The van der Waals surface area contributed by atoms with E-state index in [1.54, 1.807) is 18.2 Å². The molecule has 0 amide bonds. The lowest BCUT2D eigenvalue weighted by atomic mass is 10.1. The first-order valence-electron chi connectivity index (χ1n) is 9.75. The van der Waals surface area contributed by atoms with Gasteiger partial charge in [0, 0.05) is 31.9 Å². The summed E-state index contributed by atoms with van der Waals surface area (Å²) < 4.78 is 33.4. The maximum absolute atomic E-state index is 13.2. The summed E-state index contributed by atoms with van der Waals surface area (Å²) in [5, 5.41) is 2.82. The number of hydrogen-bond donors (Lipinski definition) is 0. The Morgan fingerprint density at radius 2 is 1.57 bits per heavy atom. The van der Waals surface area contributed by atoms with Crippen molar-refractivity contribution in [3.8, 4) is 5.75 Å². The molecule has 0 N–H and O–H groups in total. The molecule has 1 fully saturated rings. The second-order valence-corrected chi connectivity index (χ2v) is 9.85. The maximum atomic E-state index is 13.2. The summed E-state index contributed by atoms with van der Waals surface area (Å²) >= 11 is 12.1. The van der Waals surface area contributed by atoms with Gasteiger partial charge in [-0.15, -0.1) is 0 Å². The molecule has 158 valence electrons. The zero-order valence-electron chi connectivity index (χ0n) is 16.5. The molecule has 1 aliphatic heterocycles. The van der Waals surface area contributed by atoms with Crippen LogP contribution in [0.5, 0.6) is 5.75 Å². The fraction of sp³-hybridized carbons (Fsp3) is 0.273. The van der Waals surface area contributed by atoms with Gasteiger partial charge in [-0.3, -0.25) is 0 Å². The van der Waals surface area contributed by atoms with Crippen molar-refractivity contribution in [2.24, 2.45) is 0 Å². The molecule has 3 aromatic carbocycles. The van der Waals surface area contributed by atoms with Crippen LogP contribution in [0.2, 0.25) is 10.0 Å². The van der Waals surface area contributed by atoms with Crippen molar-refractivity contribution in [3.05, 3.63) is 64.6 Å². The van der Waals surface area contributed by atoms with E-state index in [1.807, 2.05) is 43.3 Å². The van der Waals surface area contributed by atoms with E-state index in [4.69, 9.17) is 27.9 Å². The van der Waals surface area contributed by atoms with Gasteiger partial charge in [0.15, 0.2) is 0 Å². The van der Waals surface area contributed by atoms with Gasteiger partial charge in [0.1, 0.15) is 5.75 Å². The summed E-state index contributed by atoms with van der Waals surface area (Å²) in [5.74, 6) is 0.777. The lowest BCUT2D eigenvalue weighted by Crippen LogP contribution is -2.48. The van der Waals surface area contributed by atoms with Crippen molar-refractivity contribution in [1.82, 2.24) is 4.31 Å². The molecule has 4 rings (SSSR count). The van der Waals surface area contributed by atoms with Gasteiger partial charge >= 0.3 is 0 Å². The highest BCUT2D eigenvalue weighted by atomic mass is 35.5. The average Bonchev–Trinajstić information content (AvgIpc) is 2.75. The average molecular weight is 465 g/mol. The minimum absolute atomic E-state index is 0.308. The zero-order chi connectivity index (χ0) is 21.3. The van der Waals surface area contributed by atoms with Crippen molar-refractivity contribution < 1.29 is 13.2 Å². The van der Waals surface area contributed by atoms with Crippen molar-refractivity contribution >= 4 is 49.7 Å². The summed E-state index contributed by atoms with van der Waals surface area (Å²) in [5.41, 5.74) is 0.942. The van der Waals surface area contributed by atoms with E-state index >= 15 is 0 Å². The van der Waals surface area contributed by atoms with Gasteiger partial charge in [-0.25, -0.2) is 8.42 Å². The van der Waals surface area contributed by atoms with Gasteiger partial charge in [-0.2, -0.15) is 4.31 Å². The largest absolute Gasteiger partial charge is 0.494 e. The fourth-order valence-electron chi connectivity index (χ4n) is 3.64. The zero-order valence-corrected chi connectivity index (χ0v) is 18.8. The molecule has 0 aliphatic carbocycles. The van der Waals surface area contributed by atoms with Crippen molar-refractivity contribution in [1.29, 1.82) is 0 Å². The fourth-order valence-corrected chi connectivity index (χ4v) is 5.39. The van der Waals surface area contributed by atoms with E-state index in [2.05, 4.69) is 4.90 Å². The van der Waals surface area contributed by atoms with Crippen LogP contribution in [0.25, 0.3) is 10.8 Å². The van der Waals surface area contributed by atoms with Crippen molar-refractivity contribution in [2.45, 2.75) is 11.8 Å². The Kier molecular flexibility index (Phi) is 6.11. The number of benzene rings is 3. The van der Waals surface area contributed by atoms with Gasteiger partial charge in [0.25, 0.3) is 0 Å². The first-order chi connectivity index (χ1) is 14.4. The minimum atomic E-state index is -3.57. The van der Waals surface area contributed by atoms with Gasteiger partial charge in [0.2, 0.25) is 10.0 Å². The highest BCUT2D eigenvalue weighted by Crippen LogP contribution is 2.29. The van der Waals surface area contributed by atoms with Crippen LogP contribution < -0.4 is 9.64 Å². The van der Waals surface area contributed by atoms with E-state index in [0.717, 1.165) is 22.2 Å². The van der Waals surface area contributed by atoms with Crippen LogP contribution in [0.3, 0.4) is 0 Å². The topological polar surface area (TPSA) is 49.9 Å². The van der Waals surface area contributed by atoms with Gasteiger partial charge in [-0.05, 0) is 60.2 Å². The molecule has 0 spiro atoms.